The molecule has 1 N–H and O–H groups in total. The van der Waals surface area contributed by atoms with Crippen LogP contribution in [0.4, 0.5) is 5.82 Å². The molecule has 2 aliphatic rings. The second-order valence-electron chi connectivity index (χ2n) is 6.82. The summed E-state index contributed by atoms with van der Waals surface area (Å²) in [7, 11) is 0. The van der Waals surface area contributed by atoms with Crippen LogP contribution in [0.1, 0.15) is 25.3 Å². The molecule has 2 aromatic rings. The van der Waals surface area contributed by atoms with Crippen molar-refractivity contribution in [2.24, 2.45) is 0 Å². The molecule has 6 nitrogen and oxygen atoms in total. The predicted octanol–water partition coefficient (Wildman–Crippen LogP) is 2.53. The Hall–Kier alpha value is -0.990. The van der Waals surface area contributed by atoms with Gasteiger partial charge in [-0.2, -0.15) is 4.98 Å². The van der Waals surface area contributed by atoms with Crippen LogP contribution in [0.2, 0.25) is 5.28 Å². The van der Waals surface area contributed by atoms with Crippen molar-refractivity contribution < 1.29 is 9.84 Å². The molecular formula is C17H23ClN4O2S. The molecule has 2 saturated heterocycles. The van der Waals surface area contributed by atoms with Gasteiger partial charge in [0.05, 0.1) is 36.1 Å². The molecule has 25 heavy (non-hydrogen) atoms. The van der Waals surface area contributed by atoms with Crippen LogP contribution in [0.25, 0.3) is 10.2 Å². The fourth-order valence-corrected chi connectivity index (χ4v) is 4.97. The minimum absolute atomic E-state index is 0.217. The highest BCUT2D eigenvalue weighted by Gasteiger charge is 2.27. The van der Waals surface area contributed by atoms with Gasteiger partial charge in [0, 0.05) is 24.7 Å². The molecule has 0 unspecified atom stereocenters. The summed E-state index contributed by atoms with van der Waals surface area (Å²) in [5.74, 6) is 0.919. The van der Waals surface area contributed by atoms with Crippen LogP contribution in [0.15, 0.2) is 5.38 Å². The summed E-state index contributed by atoms with van der Waals surface area (Å²) < 4.78 is 6.64. The molecule has 4 heterocycles. The maximum Gasteiger partial charge on any atom is 0.224 e. The molecule has 2 fully saturated rings. The molecule has 0 amide bonds. The normalized spacial score (nSPS) is 25.2. The van der Waals surface area contributed by atoms with Crippen molar-refractivity contribution in [2.45, 2.75) is 38.4 Å². The summed E-state index contributed by atoms with van der Waals surface area (Å²) in [4.78, 5) is 13.7. The quantitative estimate of drug-likeness (QED) is 0.820. The van der Waals surface area contributed by atoms with E-state index in [-0.39, 0.29) is 18.7 Å². The van der Waals surface area contributed by atoms with E-state index in [4.69, 9.17) is 16.3 Å². The van der Waals surface area contributed by atoms with Gasteiger partial charge in [-0.25, -0.2) is 4.98 Å². The molecule has 0 bridgehead atoms. The van der Waals surface area contributed by atoms with E-state index >= 15 is 0 Å². The van der Waals surface area contributed by atoms with Gasteiger partial charge in [-0.3, -0.25) is 4.90 Å². The number of aliphatic hydroxyl groups is 1. The number of aromatic nitrogens is 2. The molecule has 2 aliphatic heterocycles. The summed E-state index contributed by atoms with van der Waals surface area (Å²) in [5, 5.41) is 12.0. The summed E-state index contributed by atoms with van der Waals surface area (Å²) in [5.41, 5.74) is 2.12. The molecule has 2 aromatic heterocycles. The topological polar surface area (TPSA) is 61.7 Å². The van der Waals surface area contributed by atoms with Gasteiger partial charge < -0.3 is 14.7 Å². The number of anilines is 1. The lowest BCUT2D eigenvalue weighted by Gasteiger charge is -2.34. The fourth-order valence-electron chi connectivity index (χ4n) is 3.80. The minimum Gasteiger partial charge on any atom is -0.395 e. The third-order valence-corrected chi connectivity index (χ3v) is 6.35. The number of morpholine rings is 1. The Kier molecular flexibility index (Phi) is 5.11. The van der Waals surface area contributed by atoms with Crippen LogP contribution in [0.3, 0.4) is 0 Å². The Morgan fingerprint density at radius 3 is 3.08 bits per heavy atom. The summed E-state index contributed by atoms with van der Waals surface area (Å²) in [6.07, 6.45) is 2.20. The maximum atomic E-state index is 9.56. The Bertz CT molecular complexity index is 756. The van der Waals surface area contributed by atoms with Crippen molar-refractivity contribution in [3.8, 4) is 0 Å². The van der Waals surface area contributed by atoms with E-state index < -0.39 is 0 Å². The molecular weight excluding hydrogens is 360 g/mol. The monoisotopic (exact) mass is 382 g/mol. The van der Waals surface area contributed by atoms with Gasteiger partial charge in [-0.05, 0) is 43.3 Å². The van der Waals surface area contributed by atoms with Gasteiger partial charge >= 0.3 is 0 Å². The van der Waals surface area contributed by atoms with Crippen molar-refractivity contribution in [3.05, 3.63) is 16.2 Å². The summed E-state index contributed by atoms with van der Waals surface area (Å²) in [6.45, 7) is 6.41. The largest absolute Gasteiger partial charge is 0.395 e. The SMILES string of the molecule is C[C@H]1COCCN1c1nc(Cl)nc2c(CN3CCC[C@@H]3CO)csc12. The molecule has 8 heteroatoms. The second kappa shape index (κ2) is 7.32. The first-order valence-electron chi connectivity index (χ1n) is 8.80. The molecule has 0 aliphatic carbocycles. The van der Waals surface area contributed by atoms with Crippen LogP contribution in [0, 0.1) is 0 Å². The number of hydrogen-bond acceptors (Lipinski definition) is 7. The zero-order valence-corrected chi connectivity index (χ0v) is 15.9. The van der Waals surface area contributed by atoms with Crippen molar-refractivity contribution in [1.29, 1.82) is 0 Å². The number of aliphatic hydroxyl groups excluding tert-OH is 1. The lowest BCUT2D eigenvalue weighted by Crippen LogP contribution is -2.44. The number of nitrogens with zero attached hydrogens (tertiary/aromatic N) is 4. The second-order valence-corrected chi connectivity index (χ2v) is 8.04. The Labute approximate surface area is 156 Å². The molecule has 0 saturated carbocycles. The van der Waals surface area contributed by atoms with Gasteiger partial charge in [-0.1, -0.05) is 0 Å². The Balaban J connectivity index is 1.69. The average molecular weight is 383 g/mol. The van der Waals surface area contributed by atoms with Crippen molar-refractivity contribution >= 4 is 39.0 Å². The van der Waals surface area contributed by atoms with E-state index in [0.29, 0.717) is 18.5 Å². The number of halogens is 1. The van der Waals surface area contributed by atoms with Crippen LogP contribution in [-0.2, 0) is 11.3 Å². The van der Waals surface area contributed by atoms with Crippen LogP contribution in [-0.4, -0.2) is 65.0 Å². The predicted molar refractivity (Wildman–Crippen MR) is 101 cm³/mol. The fraction of sp³-hybridized carbons (Fsp3) is 0.647. The molecule has 136 valence electrons. The molecule has 0 aromatic carbocycles. The van der Waals surface area contributed by atoms with E-state index in [1.807, 2.05) is 0 Å². The highest BCUT2D eigenvalue weighted by molar-refractivity contribution is 7.18. The molecule has 2 atom stereocenters. The summed E-state index contributed by atoms with van der Waals surface area (Å²) >= 11 is 7.95. The van der Waals surface area contributed by atoms with Gasteiger partial charge in [0.2, 0.25) is 5.28 Å². The van der Waals surface area contributed by atoms with E-state index in [9.17, 15) is 5.11 Å². The number of hydrogen-bond donors (Lipinski definition) is 1. The smallest absolute Gasteiger partial charge is 0.224 e. The highest BCUT2D eigenvalue weighted by Crippen LogP contribution is 2.35. The molecule has 4 rings (SSSR count). The van der Waals surface area contributed by atoms with E-state index in [1.165, 1.54) is 5.56 Å². The highest BCUT2D eigenvalue weighted by atomic mass is 35.5. The zero-order valence-electron chi connectivity index (χ0n) is 14.3. The van der Waals surface area contributed by atoms with Crippen LogP contribution >= 0.6 is 22.9 Å². The van der Waals surface area contributed by atoms with E-state index in [1.54, 1.807) is 11.3 Å². The van der Waals surface area contributed by atoms with Crippen molar-refractivity contribution in [2.75, 3.05) is 37.8 Å². The van der Waals surface area contributed by atoms with Crippen LogP contribution < -0.4 is 4.90 Å². The lowest BCUT2D eigenvalue weighted by atomic mass is 10.2. The van der Waals surface area contributed by atoms with Crippen molar-refractivity contribution in [3.63, 3.8) is 0 Å². The first-order valence-corrected chi connectivity index (χ1v) is 10.1. The third kappa shape index (κ3) is 3.36. The molecule has 0 spiro atoms. The van der Waals surface area contributed by atoms with E-state index in [2.05, 4.69) is 32.1 Å². The number of thiophene rings is 1. The van der Waals surface area contributed by atoms with Crippen LogP contribution in [0.5, 0.6) is 0 Å². The Morgan fingerprint density at radius 2 is 2.28 bits per heavy atom. The van der Waals surface area contributed by atoms with Gasteiger partial charge in [-0.15, -0.1) is 11.3 Å². The maximum absolute atomic E-state index is 9.56. The summed E-state index contributed by atoms with van der Waals surface area (Å²) in [6, 6.07) is 0.525. The Morgan fingerprint density at radius 1 is 1.40 bits per heavy atom. The zero-order chi connectivity index (χ0) is 17.4. The van der Waals surface area contributed by atoms with Crippen molar-refractivity contribution in [1.82, 2.24) is 14.9 Å². The third-order valence-electron chi connectivity index (χ3n) is 5.17. The number of rotatable bonds is 4. The standard InChI is InChI=1S/C17H23ClN4O2S/c1-11-9-24-6-5-22(11)16-15-14(19-17(18)20-16)12(10-25-15)7-21-4-2-3-13(21)8-23/h10-11,13,23H,2-9H2,1H3/t11-,13+/m0/s1. The lowest BCUT2D eigenvalue weighted by molar-refractivity contribution is 0.0987. The van der Waals surface area contributed by atoms with Gasteiger partial charge in [0.25, 0.3) is 0 Å². The minimum atomic E-state index is 0.217. The molecule has 0 radical (unpaired) electrons. The number of ether oxygens (including phenoxy) is 1. The first-order chi connectivity index (χ1) is 12.2. The first kappa shape index (κ1) is 17.4. The number of likely N-dealkylation sites (tertiary alicyclic amines) is 1. The number of fused-ring (bicyclic) bond motifs is 1. The van der Waals surface area contributed by atoms with Gasteiger partial charge in [0.1, 0.15) is 0 Å². The van der Waals surface area contributed by atoms with E-state index in [0.717, 1.165) is 48.5 Å². The van der Waals surface area contributed by atoms with Gasteiger partial charge in [0.15, 0.2) is 5.82 Å². The average Bonchev–Trinajstić information content (AvgIpc) is 3.22.